The van der Waals surface area contributed by atoms with Crippen molar-refractivity contribution in [3.8, 4) is 0 Å². The van der Waals surface area contributed by atoms with Crippen LogP contribution in [0.5, 0.6) is 0 Å². The van der Waals surface area contributed by atoms with E-state index in [0.717, 1.165) is 30.0 Å². The Morgan fingerprint density at radius 3 is 2.44 bits per heavy atom. The molecule has 1 unspecified atom stereocenters. The molecule has 0 aliphatic carbocycles. The van der Waals surface area contributed by atoms with Gasteiger partial charge in [0, 0.05) is 29.3 Å². The van der Waals surface area contributed by atoms with Crippen LogP contribution in [0.15, 0.2) is 36.5 Å². The molecule has 144 valence electrons. The Hall–Kier alpha value is -0.430. The SMILES string of the molecule is CC(CC(C)(C)N/C=C(\N)c1ccccc1)SSCCN(C)C.CS. The Morgan fingerprint density at radius 2 is 1.88 bits per heavy atom. The molecule has 0 amide bonds. The first-order valence-corrected chi connectivity index (χ1v) is 11.7. The Labute approximate surface area is 168 Å². The third kappa shape index (κ3) is 12.5. The van der Waals surface area contributed by atoms with E-state index < -0.39 is 0 Å². The lowest BCUT2D eigenvalue weighted by atomic mass is 9.99. The second-order valence-corrected chi connectivity index (χ2v) is 9.66. The molecule has 0 saturated heterocycles. The predicted octanol–water partition coefficient (Wildman–Crippen LogP) is 4.58. The number of nitrogens with two attached hydrogens (primary N) is 1. The van der Waals surface area contributed by atoms with Gasteiger partial charge in [0.25, 0.3) is 0 Å². The molecule has 0 bridgehead atoms. The highest BCUT2D eigenvalue weighted by atomic mass is 33.1. The van der Waals surface area contributed by atoms with Crippen molar-refractivity contribution in [3.63, 3.8) is 0 Å². The monoisotopic (exact) mass is 401 g/mol. The Morgan fingerprint density at radius 1 is 1.28 bits per heavy atom. The van der Waals surface area contributed by atoms with Crippen molar-refractivity contribution in [2.24, 2.45) is 5.73 Å². The van der Waals surface area contributed by atoms with E-state index in [-0.39, 0.29) is 5.54 Å². The Balaban J connectivity index is 0.00000277. The largest absolute Gasteiger partial charge is 0.397 e. The number of benzene rings is 1. The molecule has 0 heterocycles. The fourth-order valence-electron chi connectivity index (χ4n) is 2.18. The summed E-state index contributed by atoms with van der Waals surface area (Å²) in [7, 11) is 8.17. The van der Waals surface area contributed by atoms with Crippen LogP contribution >= 0.6 is 34.2 Å². The topological polar surface area (TPSA) is 41.3 Å². The van der Waals surface area contributed by atoms with Gasteiger partial charge >= 0.3 is 0 Å². The van der Waals surface area contributed by atoms with Crippen LogP contribution in [0.2, 0.25) is 0 Å². The van der Waals surface area contributed by atoms with Crippen LogP contribution in [0.4, 0.5) is 0 Å². The molecule has 0 aromatic heterocycles. The molecule has 25 heavy (non-hydrogen) atoms. The highest BCUT2D eigenvalue weighted by Gasteiger charge is 2.20. The number of hydrogen-bond acceptors (Lipinski definition) is 6. The van der Waals surface area contributed by atoms with E-state index in [1.165, 1.54) is 0 Å². The van der Waals surface area contributed by atoms with Crippen molar-refractivity contribution in [1.82, 2.24) is 10.2 Å². The normalized spacial score (nSPS) is 13.2. The fourth-order valence-corrected chi connectivity index (χ4v) is 4.85. The third-order valence-corrected chi connectivity index (χ3v) is 6.25. The van der Waals surface area contributed by atoms with Crippen molar-refractivity contribution in [3.05, 3.63) is 42.1 Å². The number of nitrogens with one attached hydrogen (secondary N) is 1. The first-order chi connectivity index (χ1) is 11.8. The lowest BCUT2D eigenvalue weighted by molar-refractivity contribution is 0.411. The van der Waals surface area contributed by atoms with Gasteiger partial charge in [-0.25, -0.2) is 0 Å². The third-order valence-electron chi connectivity index (χ3n) is 3.38. The zero-order chi connectivity index (χ0) is 19.3. The molecule has 0 aliphatic rings. The molecular formula is C19H35N3S3. The van der Waals surface area contributed by atoms with Crippen molar-refractivity contribution >= 4 is 39.9 Å². The van der Waals surface area contributed by atoms with Gasteiger partial charge in [-0.15, -0.1) is 0 Å². The molecule has 3 nitrogen and oxygen atoms in total. The molecule has 3 N–H and O–H groups in total. The molecule has 1 rings (SSSR count). The zero-order valence-electron chi connectivity index (χ0n) is 16.5. The summed E-state index contributed by atoms with van der Waals surface area (Å²) < 4.78 is 0. The van der Waals surface area contributed by atoms with E-state index >= 15 is 0 Å². The van der Waals surface area contributed by atoms with Gasteiger partial charge < -0.3 is 16.0 Å². The maximum absolute atomic E-state index is 6.14. The summed E-state index contributed by atoms with van der Waals surface area (Å²) in [6.07, 6.45) is 4.72. The summed E-state index contributed by atoms with van der Waals surface area (Å²) in [5.74, 6) is 1.16. The molecule has 0 spiro atoms. The molecule has 1 atom stereocenters. The van der Waals surface area contributed by atoms with E-state index in [4.69, 9.17) is 5.73 Å². The minimum absolute atomic E-state index is 0.0218. The fraction of sp³-hybridized carbons (Fsp3) is 0.579. The van der Waals surface area contributed by atoms with Crippen LogP contribution in [0, 0.1) is 0 Å². The van der Waals surface area contributed by atoms with E-state index in [9.17, 15) is 0 Å². The van der Waals surface area contributed by atoms with Crippen molar-refractivity contribution in [2.75, 3.05) is 32.6 Å². The highest BCUT2D eigenvalue weighted by molar-refractivity contribution is 8.76. The molecule has 0 aliphatic heterocycles. The minimum Gasteiger partial charge on any atom is -0.397 e. The van der Waals surface area contributed by atoms with Gasteiger partial charge in [0.05, 0.1) is 5.70 Å². The summed E-state index contributed by atoms with van der Waals surface area (Å²) >= 11 is 3.53. The number of thiol groups is 1. The van der Waals surface area contributed by atoms with E-state index in [1.54, 1.807) is 6.26 Å². The van der Waals surface area contributed by atoms with Crippen molar-refractivity contribution in [1.29, 1.82) is 0 Å². The molecule has 0 saturated carbocycles. The van der Waals surface area contributed by atoms with Crippen LogP contribution in [-0.2, 0) is 0 Å². The molecule has 1 aromatic carbocycles. The van der Waals surface area contributed by atoms with Gasteiger partial charge in [0.1, 0.15) is 0 Å². The van der Waals surface area contributed by atoms with Crippen LogP contribution in [0.1, 0.15) is 32.8 Å². The first-order valence-electron chi connectivity index (χ1n) is 8.46. The van der Waals surface area contributed by atoms with Gasteiger partial charge in [-0.2, -0.15) is 12.6 Å². The average Bonchev–Trinajstić information content (AvgIpc) is 2.58. The first kappa shape index (κ1) is 24.6. The summed E-state index contributed by atoms with van der Waals surface area (Å²) in [5, 5.41) is 4.07. The standard InChI is InChI=1S/C18H31N3S2.CH4S/c1-15(23-22-12-11-21(4)5)13-18(2,3)20-14-17(19)16-9-7-6-8-10-16;1-2/h6-10,14-15,20H,11-13,19H2,1-5H3;2H,1H3/b17-14-;. The smallest absolute Gasteiger partial charge is 0.0547 e. The summed E-state index contributed by atoms with van der Waals surface area (Å²) in [4.78, 5) is 2.22. The lowest BCUT2D eigenvalue weighted by Gasteiger charge is -2.28. The number of nitrogens with zero attached hydrogens (tertiary/aromatic N) is 1. The molecule has 6 heteroatoms. The van der Waals surface area contributed by atoms with E-state index in [0.29, 0.717) is 5.25 Å². The minimum atomic E-state index is 0.0218. The Bertz CT molecular complexity index is 476. The molecular weight excluding hydrogens is 366 g/mol. The van der Waals surface area contributed by atoms with Gasteiger partial charge in [-0.05, 0) is 46.2 Å². The zero-order valence-corrected chi connectivity index (χ0v) is 19.0. The quantitative estimate of drug-likeness (QED) is 0.304. The van der Waals surface area contributed by atoms with Crippen LogP contribution in [0.3, 0.4) is 0 Å². The molecule has 0 fully saturated rings. The number of hydrogen-bond donors (Lipinski definition) is 3. The summed E-state index contributed by atoms with van der Waals surface area (Å²) in [6.45, 7) is 7.87. The van der Waals surface area contributed by atoms with Gasteiger partial charge in [0.2, 0.25) is 0 Å². The summed E-state index contributed by atoms with van der Waals surface area (Å²) in [6, 6.07) is 10.1. The highest BCUT2D eigenvalue weighted by Crippen LogP contribution is 2.31. The second kappa shape index (κ2) is 13.7. The van der Waals surface area contributed by atoms with Crippen LogP contribution in [0.25, 0.3) is 5.70 Å². The number of rotatable bonds is 10. The van der Waals surface area contributed by atoms with Crippen LogP contribution in [-0.4, -0.2) is 48.3 Å². The van der Waals surface area contributed by atoms with E-state index in [2.05, 4.69) is 57.7 Å². The van der Waals surface area contributed by atoms with Gasteiger partial charge in [0.15, 0.2) is 0 Å². The van der Waals surface area contributed by atoms with Gasteiger partial charge in [-0.1, -0.05) is 58.8 Å². The lowest BCUT2D eigenvalue weighted by Crippen LogP contribution is -2.38. The maximum Gasteiger partial charge on any atom is 0.0547 e. The predicted molar refractivity (Wildman–Crippen MR) is 123 cm³/mol. The van der Waals surface area contributed by atoms with Gasteiger partial charge in [-0.3, -0.25) is 0 Å². The summed E-state index contributed by atoms with van der Waals surface area (Å²) in [5.41, 5.74) is 8.00. The van der Waals surface area contributed by atoms with E-state index in [1.807, 2.05) is 58.1 Å². The van der Waals surface area contributed by atoms with Crippen molar-refractivity contribution < 1.29 is 0 Å². The van der Waals surface area contributed by atoms with Crippen LogP contribution < -0.4 is 11.1 Å². The molecule has 0 radical (unpaired) electrons. The second-order valence-electron chi connectivity index (χ2n) is 6.73. The molecule has 1 aromatic rings. The Kier molecular flexibility index (Phi) is 13.5. The maximum atomic E-state index is 6.14. The van der Waals surface area contributed by atoms with Crippen molar-refractivity contribution in [2.45, 2.75) is 38.0 Å². The average molecular weight is 402 g/mol.